The van der Waals surface area contributed by atoms with Gasteiger partial charge in [-0.1, -0.05) is 42.5 Å². The quantitative estimate of drug-likeness (QED) is 0.746. The van der Waals surface area contributed by atoms with Crippen molar-refractivity contribution in [2.75, 3.05) is 19.3 Å². The van der Waals surface area contributed by atoms with E-state index in [0.717, 1.165) is 16.7 Å². The van der Waals surface area contributed by atoms with Crippen LogP contribution in [0, 0.1) is 0 Å². The van der Waals surface area contributed by atoms with Crippen molar-refractivity contribution in [1.82, 2.24) is 9.88 Å². The second-order valence-electron chi connectivity index (χ2n) is 5.71. The second kappa shape index (κ2) is 7.19. The lowest BCUT2D eigenvalue weighted by atomic mass is 10.0. The highest BCUT2D eigenvalue weighted by atomic mass is 16.4. The molecule has 6 nitrogen and oxygen atoms in total. The van der Waals surface area contributed by atoms with Gasteiger partial charge in [0.05, 0.1) is 6.54 Å². The second-order valence-corrected chi connectivity index (χ2v) is 5.71. The zero-order valence-corrected chi connectivity index (χ0v) is 14.0. The van der Waals surface area contributed by atoms with Crippen molar-refractivity contribution in [2.45, 2.75) is 6.54 Å². The number of oxazole rings is 1. The molecule has 1 amide bonds. The molecule has 1 aromatic heterocycles. The summed E-state index contributed by atoms with van der Waals surface area (Å²) in [6.45, 7) is 0.383. The maximum Gasteiger partial charge on any atom is 0.236 e. The third kappa shape index (κ3) is 3.54. The molecule has 0 spiro atoms. The normalized spacial score (nSPS) is 10.6. The van der Waals surface area contributed by atoms with Gasteiger partial charge in [-0.15, -0.1) is 0 Å². The van der Waals surface area contributed by atoms with E-state index in [1.807, 2.05) is 54.6 Å². The minimum Gasteiger partial charge on any atom is -0.434 e. The van der Waals surface area contributed by atoms with Gasteiger partial charge in [-0.05, 0) is 17.7 Å². The van der Waals surface area contributed by atoms with Gasteiger partial charge in [0.15, 0.2) is 11.6 Å². The third-order valence-electron chi connectivity index (χ3n) is 3.94. The van der Waals surface area contributed by atoms with E-state index in [2.05, 4.69) is 4.98 Å². The molecule has 3 aromatic rings. The van der Waals surface area contributed by atoms with Gasteiger partial charge in [0, 0.05) is 24.7 Å². The van der Waals surface area contributed by atoms with Crippen molar-refractivity contribution < 1.29 is 9.21 Å². The van der Waals surface area contributed by atoms with Crippen LogP contribution in [0.15, 0.2) is 59.0 Å². The molecule has 4 N–H and O–H groups in total. The van der Waals surface area contributed by atoms with E-state index in [-0.39, 0.29) is 12.5 Å². The van der Waals surface area contributed by atoms with Gasteiger partial charge in [0.1, 0.15) is 0 Å². The van der Waals surface area contributed by atoms with Crippen molar-refractivity contribution >= 4 is 11.7 Å². The van der Waals surface area contributed by atoms with E-state index in [4.69, 9.17) is 15.9 Å². The highest BCUT2D eigenvalue weighted by Crippen LogP contribution is 2.33. The number of amides is 1. The number of nitrogens with zero attached hydrogens (tertiary/aromatic N) is 2. The van der Waals surface area contributed by atoms with E-state index in [0.29, 0.717) is 24.0 Å². The summed E-state index contributed by atoms with van der Waals surface area (Å²) in [7, 11) is 1.71. The Hall–Kier alpha value is -3.12. The summed E-state index contributed by atoms with van der Waals surface area (Å²) in [6, 6.07) is 17.2. The number of hydrogen-bond donors (Lipinski definition) is 2. The lowest BCUT2D eigenvalue weighted by Crippen LogP contribution is -2.32. The maximum atomic E-state index is 11.8. The molecule has 0 unspecified atom stereocenters. The molecule has 25 heavy (non-hydrogen) atoms. The Morgan fingerprint density at radius 1 is 1.12 bits per heavy atom. The van der Waals surface area contributed by atoms with Crippen LogP contribution in [-0.2, 0) is 11.3 Å². The summed E-state index contributed by atoms with van der Waals surface area (Å²) < 4.78 is 5.93. The van der Waals surface area contributed by atoms with Gasteiger partial charge in [-0.2, -0.15) is 4.98 Å². The minimum atomic E-state index is -0.134. The van der Waals surface area contributed by atoms with Crippen LogP contribution in [0.5, 0.6) is 0 Å². The number of likely N-dealkylation sites (N-methyl/N-ethyl adjacent to an activating group) is 1. The average molecular weight is 336 g/mol. The highest BCUT2D eigenvalue weighted by molar-refractivity contribution is 5.79. The van der Waals surface area contributed by atoms with Gasteiger partial charge >= 0.3 is 0 Å². The summed E-state index contributed by atoms with van der Waals surface area (Å²) >= 11 is 0. The lowest BCUT2D eigenvalue weighted by Gasteiger charge is -2.18. The van der Waals surface area contributed by atoms with Crippen LogP contribution in [0.4, 0.5) is 5.82 Å². The minimum absolute atomic E-state index is 0.0265. The van der Waals surface area contributed by atoms with Crippen molar-refractivity contribution in [1.29, 1.82) is 0 Å². The van der Waals surface area contributed by atoms with Crippen molar-refractivity contribution in [2.24, 2.45) is 5.73 Å². The Kier molecular flexibility index (Phi) is 4.81. The van der Waals surface area contributed by atoms with Gasteiger partial charge in [0.2, 0.25) is 11.8 Å². The molecule has 0 fully saturated rings. The predicted octanol–water partition coefficient (Wildman–Crippen LogP) is 2.51. The molecule has 0 atom stereocenters. The van der Waals surface area contributed by atoms with Gasteiger partial charge in [-0.3, -0.25) is 4.79 Å². The predicted molar refractivity (Wildman–Crippen MR) is 97.3 cm³/mol. The molecule has 3 rings (SSSR count). The van der Waals surface area contributed by atoms with E-state index in [9.17, 15) is 4.79 Å². The number of carbonyl (C=O) groups is 1. The van der Waals surface area contributed by atoms with Crippen molar-refractivity contribution in [3.63, 3.8) is 0 Å². The van der Waals surface area contributed by atoms with Gasteiger partial charge in [-0.25, -0.2) is 0 Å². The number of rotatable bonds is 5. The van der Waals surface area contributed by atoms with E-state index in [1.54, 1.807) is 11.9 Å². The number of hydrogen-bond acceptors (Lipinski definition) is 5. The maximum absolute atomic E-state index is 11.8. The first-order valence-electron chi connectivity index (χ1n) is 7.94. The molecule has 0 radical (unpaired) electrons. The number of carbonyl (C=O) groups excluding carboxylic acids is 1. The zero-order valence-electron chi connectivity index (χ0n) is 14.0. The molecule has 2 aromatic carbocycles. The summed E-state index contributed by atoms with van der Waals surface area (Å²) in [5.41, 5.74) is 14.1. The molecule has 0 aliphatic heterocycles. The van der Waals surface area contributed by atoms with Crippen LogP contribution in [0.3, 0.4) is 0 Å². The Labute approximate surface area is 146 Å². The number of anilines is 1. The number of nitrogens with two attached hydrogens (primary N) is 2. The fraction of sp³-hybridized carbons (Fsp3) is 0.158. The third-order valence-corrected chi connectivity index (χ3v) is 3.94. The monoisotopic (exact) mass is 336 g/mol. The fourth-order valence-electron chi connectivity index (χ4n) is 2.61. The molecule has 0 aliphatic carbocycles. The van der Waals surface area contributed by atoms with Crippen molar-refractivity contribution in [3.8, 4) is 22.8 Å². The van der Waals surface area contributed by atoms with Crippen LogP contribution in [0.1, 0.15) is 5.56 Å². The lowest BCUT2D eigenvalue weighted by molar-refractivity contribution is -0.128. The fourth-order valence-corrected chi connectivity index (χ4v) is 2.61. The van der Waals surface area contributed by atoms with Crippen LogP contribution in [0.25, 0.3) is 22.8 Å². The first-order chi connectivity index (χ1) is 12.1. The largest absolute Gasteiger partial charge is 0.434 e. The summed E-state index contributed by atoms with van der Waals surface area (Å²) in [6.07, 6.45) is 0. The molecule has 0 saturated heterocycles. The van der Waals surface area contributed by atoms with Crippen LogP contribution in [0.2, 0.25) is 0 Å². The molecule has 1 heterocycles. The van der Waals surface area contributed by atoms with E-state index < -0.39 is 0 Å². The standard InChI is InChI=1S/C19H20N4O2/c1-23(16(24)11-20)12-14-9-5-6-10-15(14)17-18(21)22-19(25-17)13-7-3-2-4-8-13/h2-10H,11-12,20-21H2,1H3. The summed E-state index contributed by atoms with van der Waals surface area (Å²) in [5, 5.41) is 0. The van der Waals surface area contributed by atoms with E-state index in [1.165, 1.54) is 0 Å². The highest BCUT2D eigenvalue weighted by Gasteiger charge is 2.18. The van der Waals surface area contributed by atoms with E-state index >= 15 is 0 Å². The topological polar surface area (TPSA) is 98.4 Å². The molecule has 128 valence electrons. The first-order valence-corrected chi connectivity index (χ1v) is 7.94. The Bertz CT molecular complexity index is 874. The summed E-state index contributed by atoms with van der Waals surface area (Å²) in [4.78, 5) is 17.7. The molecule has 0 saturated carbocycles. The van der Waals surface area contributed by atoms with Crippen molar-refractivity contribution in [3.05, 3.63) is 60.2 Å². The molecule has 0 aliphatic rings. The molecular formula is C19H20N4O2. The summed E-state index contributed by atoms with van der Waals surface area (Å²) in [5.74, 6) is 1.15. The Morgan fingerprint density at radius 2 is 1.80 bits per heavy atom. The van der Waals surface area contributed by atoms with Crippen LogP contribution >= 0.6 is 0 Å². The smallest absolute Gasteiger partial charge is 0.236 e. The first kappa shape index (κ1) is 16.7. The average Bonchev–Trinajstić information content (AvgIpc) is 3.03. The number of nitrogen functional groups attached to an aromatic ring is 1. The molecule has 0 bridgehead atoms. The SMILES string of the molecule is CN(Cc1ccccc1-c1oc(-c2ccccc2)nc1N)C(=O)CN. The number of benzene rings is 2. The zero-order chi connectivity index (χ0) is 17.8. The Morgan fingerprint density at radius 3 is 2.52 bits per heavy atom. The molecule has 6 heteroatoms. The van der Waals surface area contributed by atoms with Crippen LogP contribution < -0.4 is 11.5 Å². The van der Waals surface area contributed by atoms with Gasteiger partial charge in [0.25, 0.3) is 0 Å². The molecular weight excluding hydrogens is 316 g/mol. The Balaban J connectivity index is 1.98. The number of aromatic nitrogens is 1. The van der Waals surface area contributed by atoms with Crippen LogP contribution in [-0.4, -0.2) is 29.4 Å². The van der Waals surface area contributed by atoms with Gasteiger partial charge < -0.3 is 20.8 Å².